The molecule has 0 bridgehead atoms. The number of hydrogen-bond acceptors (Lipinski definition) is 4. The monoisotopic (exact) mass is 453 g/mol. The molecule has 0 spiro atoms. The van der Waals surface area contributed by atoms with Crippen molar-refractivity contribution in [2.75, 3.05) is 17.3 Å². The van der Waals surface area contributed by atoms with Gasteiger partial charge >= 0.3 is 0 Å². The SMILES string of the molecule is CC(=O)Nc1ccc(C2=C(N(C)Cc3ccccc3)C(=O)N(c3ccc(C)cc3C)C2=O)cc1. The number of nitrogens with one attached hydrogen (secondary N) is 1. The summed E-state index contributed by atoms with van der Waals surface area (Å²) in [6.07, 6.45) is 0. The maximum Gasteiger partial charge on any atom is 0.282 e. The van der Waals surface area contributed by atoms with E-state index in [0.717, 1.165) is 16.7 Å². The van der Waals surface area contributed by atoms with Crippen LogP contribution in [0, 0.1) is 13.8 Å². The second kappa shape index (κ2) is 9.35. The third-order valence-electron chi connectivity index (χ3n) is 5.79. The van der Waals surface area contributed by atoms with Gasteiger partial charge in [-0.1, -0.05) is 60.2 Å². The number of rotatable bonds is 6. The molecule has 1 N–H and O–H groups in total. The summed E-state index contributed by atoms with van der Waals surface area (Å²) in [4.78, 5) is 41.9. The Labute approximate surface area is 199 Å². The van der Waals surface area contributed by atoms with Crippen LogP contribution in [0.2, 0.25) is 0 Å². The number of hydrogen-bond donors (Lipinski definition) is 1. The van der Waals surface area contributed by atoms with Gasteiger partial charge in [-0.05, 0) is 48.7 Å². The Morgan fingerprint density at radius 1 is 0.912 bits per heavy atom. The number of nitrogens with zero attached hydrogens (tertiary/aromatic N) is 2. The first kappa shape index (κ1) is 23.0. The van der Waals surface area contributed by atoms with Crippen molar-refractivity contribution in [1.29, 1.82) is 0 Å². The highest BCUT2D eigenvalue weighted by Gasteiger charge is 2.42. The lowest BCUT2D eigenvalue weighted by Crippen LogP contribution is -2.34. The molecular formula is C28H27N3O3. The highest BCUT2D eigenvalue weighted by Crippen LogP contribution is 2.36. The third kappa shape index (κ3) is 4.48. The van der Waals surface area contributed by atoms with E-state index in [4.69, 9.17) is 0 Å². The van der Waals surface area contributed by atoms with E-state index < -0.39 is 0 Å². The van der Waals surface area contributed by atoms with Gasteiger partial charge in [0.05, 0.1) is 11.3 Å². The maximum absolute atomic E-state index is 13.7. The molecule has 3 aromatic rings. The summed E-state index contributed by atoms with van der Waals surface area (Å²) < 4.78 is 0. The fourth-order valence-corrected chi connectivity index (χ4v) is 4.27. The molecule has 0 unspecified atom stereocenters. The summed E-state index contributed by atoms with van der Waals surface area (Å²) in [6.45, 7) is 5.79. The molecule has 3 aromatic carbocycles. The highest BCUT2D eigenvalue weighted by molar-refractivity contribution is 6.45. The van der Waals surface area contributed by atoms with Crippen LogP contribution in [0.4, 0.5) is 11.4 Å². The predicted molar refractivity (Wildman–Crippen MR) is 134 cm³/mol. The van der Waals surface area contributed by atoms with Crippen molar-refractivity contribution in [2.45, 2.75) is 27.3 Å². The smallest absolute Gasteiger partial charge is 0.282 e. The molecule has 1 aliphatic heterocycles. The highest BCUT2D eigenvalue weighted by atomic mass is 16.2. The van der Waals surface area contributed by atoms with Crippen LogP contribution in [0.15, 0.2) is 78.5 Å². The van der Waals surface area contributed by atoms with Gasteiger partial charge in [-0.25, -0.2) is 4.90 Å². The van der Waals surface area contributed by atoms with E-state index >= 15 is 0 Å². The molecule has 0 aliphatic carbocycles. The summed E-state index contributed by atoms with van der Waals surface area (Å²) >= 11 is 0. The second-order valence-corrected chi connectivity index (χ2v) is 8.56. The fourth-order valence-electron chi connectivity index (χ4n) is 4.27. The molecule has 0 saturated carbocycles. The Kier molecular flexibility index (Phi) is 6.32. The number of benzene rings is 3. The summed E-state index contributed by atoms with van der Waals surface area (Å²) in [6, 6.07) is 22.5. The minimum absolute atomic E-state index is 0.177. The fraction of sp³-hybridized carbons (Fsp3) is 0.179. The molecule has 1 heterocycles. The standard InChI is InChI=1S/C28H27N3O3/c1-18-10-15-24(19(2)16-18)31-27(33)25(22-11-13-23(14-12-22)29-20(3)32)26(28(31)34)30(4)17-21-8-6-5-7-9-21/h5-16H,17H2,1-4H3,(H,29,32). The first-order valence-corrected chi connectivity index (χ1v) is 11.1. The largest absolute Gasteiger partial charge is 0.365 e. The second-order valence-electron chi connectivity index (χ2n) is 8.56. The van der Waals surface area contributed by atoms with Crippen molar-refractivity contribution in [3.05, 3.63) is 101 Å². The number of carbonyl (C=O) groups excluding carboxylic acids is 3. The molecule has 4 rings (SSSR count). The Morgan fingerprint density at radius 3 is 2.21 bits per heavy atom. The molecule has 172 valence electrons. The number of imide groups is 1. The van der Waals surface area contributed by atoms with Crippen molar-refractivity contribution in [3.8, 4) is 0 Å². The van der Waals surface area contributed by atoms with Crippen molar-refractivity contribution >= 4 is 34.7 Å². The van der Waals surface area contributed by atoms with Gasteiger partial charge < -0.3 is 10.2 Å². The van der Waals surface area contributed by atoms with Gasteiger partial charge in [0, 0.05) is 26.2 Å². The van der Waals surface area contributed by atoms with Crippen molar-refractivity contribution in [3.63, 3.8) is 0 Å². The van der Waals surface area contributed by atoms with Gasteiger partial charge in [0.25, 0.3) is 11.8 Å². The normalized spacial score (nSPS) is 13.5. The van der Waals surface area contributed by atoms with Crippen LogP contribution in [0.5, 0.6) is 0 Å². The number of carbonyl (C=O) groups is 3. The van der Waals surface area contributed by atoms with Crippen LogP contribution in [0.3, 0.4) is 0 Å². The number of amides is 3. The molecule has 0 radical (unpaired) electrons. The van der Waals surface area contributed by atoms with Crippen LogP contribution in [-0.2, 0) is 20.9 Å². The van der Waals surface area contributed by atoms with Crippen LogP contribution in [0.25, 0.3) is 5.57 Å². The van der Waals surface area contributed by atoms with E-state index in [1.807, 2.05) is 74.3 Å². The van der Waals surface area contributed by atoms with Crippen molar-refractivity contribution in [2.24, 2.45) is 0 Å². The van der Waals surface area contributed by atoms with Gasteiger partial charge in [-0.2, -0.15) is 0 Å². The van der Waals surface area contributed by atoms with Crippen LogP contribution >= 0.6 is 0 Å². The number of likely N-dealkylation sites (N-methyl/N-ethyl adjacent to an activating group) is 1. The molecule has 34 heavy (non-hydrogen) atoms. The first-order chi connectivity index (χ1) is 16.3. The summed E-state index contributed by atoms with van der Waals surface area (Å²) in [5, 5.41) is 2.73. The molecule has 0 atom stereocenters. The molecule has 6 heteroatoms. The van der Waals surface area contributed by atoms with Crippen molar-refractivity contribution in [1.82, 2.24) is 4.90 Å². The zero-order chi connectivity index (χ0) is 24.4. The average Bonchev–Trinajstić information content (AvgIpc) is 3.05. The van der Waals surface area contributed by atoms with E-state index in [0.29, 0.717) is 34.8 Å². The minimum Gasteiger partial charge on any atom is -0.365 e. The van der Waals surface area contributed by atoms with Crippen LogP contribution in [0.1, 0.15) is 29.2 Å². The Balaban J connectivity index is 1.79. The van der Waals surface area contributed by atoms with Gasteiger partial charge in [0.2, 0.25) is 5.91 Å². The summed E-state index contributed by atoms with van der Waals surface area (Å²) in [5.41, 5.74) is 5.46. The predicted octanol–water partition coefficient (Wildman–Crippen LogP) is 4.68. The molecule has 3 amide bonds. The van der Waals surface area contributed by atoms with E-state index in [9.17, 15) is 14.4 Å². The van der Waals surface area contributed by atoms with Gasteiger partial charge in [-0.3, -0.25) is 14.4 Å². The van der Waals surface area contributed by atoms with Crippen molar-refractivity contribution < 1.29 is 14.4 Å². The number of anilines is 2. The molecule has 1 aliphatic rings. The lowest BCUT2D eigenvalue weighted by Gasteiger charge is -2.22. The lowest BCUT2D eigenvalue weighted by molar-refractivity contribution is -0.120. The average molecular weight is 454 g/mol. The molecule has 0 fully saturated rings. The molecule has 6 nitrogen and oxygen atoms in total. The molecule has 0 aromatic heterocycles. The Morgan fingerprint density at radius 2 is 1.59 bits per heavy atom. The molecular weight excluding hydrogens is 426 g/mol. The zero-order valence-corrected chi connectivity index (χ0v) is 19.8. The Bertz CT molecular complexity index is 1290. The zero-order valence-electron chi connectivity index (χ0n) is 19.8. The van der Waals surface area contributed by atoms with E-state index in [1.54, 1.807) is 24.3 Å². The van der Waals surface area contributed by atoms with E-state index in [-0.39, 0.29) is 17.7 Å². The lowest BCUT2D eigenvalue weighted by atomic mass is 10.0. The Hall–Kier alpha value is -4.19. The molecule has 0 saturated heterocycles. The van der Waals surface area contributed by atoms with Crippen LogP contribution in [-0.4, -0.2) is 29.7 Å². The van der Waals surface area contributed by atoms with E-state index in [1.165, 1.54) is 11.8 Å². The topological polar surface area (TPSA) is 69.7 Å². The van der Waals surface area contributed by atoms with Gasteiger partial charge in [0.15, 0.2) is 0 Å². The van der Waals surface area contributed by atoms with Crippen LogP contribution < -0.4 is 10.2 Å². The van der Waals surface area contributed by atoms with Gasteiger partial charge in [-0.15, -0.1) is 0 Å². The summed E-state index contributed by atoms with van der Waals surface area (Å²) in [7, 11) is 1.82. The number of aryl methyl sites for hydroxylation is 2. The van der Waals surface area contributed by atoms with E-state index in [2.05, 4.69) is 5.32 Å². The third-order valence-corrected chi connectivity index (χ3v) is 5.79. The quantitative estimate of drug-likeness (QED) is 0.551. The first-order valence-electron chi connectivity index (χ1n) is 11.1. The minimum atomic E-state index is -0.362. The summed E-state index contributed by atoms with van der Waals surface area (Å²) in [5.74, 6) is -0.890. The maximum atomic E-state index is 13.7. The van der Waals surface area contributed by atoms with Gasteiger partial charge in [0.1, 0.15) is 5.70 Å².